The topological polar surface area (TPSA) is 57.0 Å². The molecule has 0 fully saturated rings. The summed E-state index contributed by atoms with van der Waals surface area (Å²) in [4.78, 5) is 21.6. The van der Waals surface area contributed by atoms with Gasteiger partial charge in [-0.1, -0.05) is 62.1 Å². The molecule has 6 heteroatoms. The highest BCUT2D eigenvalue weighted by Crippen LogP contribution is 2.38. The lowest BCUT2D eigenvalue weighted by atomic mass is 10.0. The maximum Gasteiger partial charge on any atom is 0.163 e. The van der Waals surface area contributed by atoms with E-state index in [1.165, 1.54) is 0 Å². The molecule has 0 spiro atoms. The largest absolute Gasteiger partial charge is 0.361 e. The van der Waals surface area contributed by atoms with Gasteiger partial charge in [0.15, 0.2) is 5.78 Å². The van der Waals surface area contributed by atoms with E-state index in [4.69, 9.17) is 9.72 Å². The van der Waals surface area contributed by atoms with Crippen LogP contribution in [0.5, 0.6) is 0 Å². The molecule has 0 saturated carbocycles. The molecule has 0 unspecified atom stereocenters. The van der Waals surface area contributed by atoms with Crippen LogP contribution in [0, 0.1) is 0 Å². The van der Waals surface area contributed by atoms with Crippen molar-refractivity contribution in [3.63, 3.8) is 0 Å². The number of pyridine rings is 1. The number of carbonyl (C=O) groups is 1. The summed E-state index contributed by atoms with van der Waals surface area (Å²) in [5.41, 5.74) is 6.95. The fourth-order valence-electron chi connectivity index (χ4n) is 4.53. The van der Waals surface area contributed by atoms with Gasteiger partial charge in [-0.15, -0.1) is 0 Å². The normalized spacial score (nSPS) is 13.3. The third-order valence-corrected chi connectivity index (χ3v) is 8.17. The standard InChI is InChI=1S/C29H31N3O2Si/c1-35(2,3)18-17-34-20-32-28(24-9-11-25-23(19-24)10-12-26(25)33)27(21-13-15-30-16-14-21)31-29(32)22-7-5-4-6-8-22/h4-9,11,13-16,19H,10,12,17-18,20H2,1-3H3. The number of hydrogen-bond acceptors (Lipinski definition) is 4. The van der Waals surface area contributed by atoms with Gasteiger partial charge in [0.05, 0.1) is 11.4 Å². The van der Waals surface area contributed by atoms with Crippen molar-refractivity contribution in [2.24, 2.45) is 0 Å². The van der Waals surface area contributed by atoms with E-state index < -0.39 is 8.07 Å². The molecule has 2 heterocycles. The van der Waals surface area contributed by atoms with Crippen LogP contribution in [-0.4, -0.2) is 35.0 Å². The zero-order chi connectivity index (χ0) is 24.4. The highest BCUT2D eigenvalue weighted by atomic mass is 28.3. The number of carbonyl (C=O) groups excluding carboxylic acids is 1. The Kier molecular flexibility index (Phi) is 6.50. The van der Waals surface area contributed by atoms with E-state index in [1.54, 1.807) is 12.4 Å². The maximum absolute atomic E-state index is 12.3. The minimum Gasteiger partial charge on any atom is -0.361 e. The van der Waals surface area contributed by atoms with E-state index in [2.05, 4.69) is 53.5 Å². The average Bonchev–Trinajstić information content (AvgIpc) is 3.43. The molecule has 0 N–H and O–H groups in total. The molecule has 0 saturated heterocycles. The zero-order valence-corrected chi connectivity index (χ0v) is 21.6. The quantitative estimate of drug-likeness (QED) is 0.207. The van der Waals surface area contributed by atoms with Gasteiger partial charge in [-0.2, -0.15) is 0 Å². The Morgan fingerprint density at radius 3 is 2.43 bits per heavy atom. The predicted molar refractivity (Wildman–Crippen MR) is 143 cm³/mol. The van der Waals surface area contributed by atoms with E-state index >= 15 is 0 Å². The molecule has 0 atom stereocenters. The number of Topliss-reactive ketones (excluding diaryl/α,β-unsaturated/α-hetero) is 1. The van der Waals surface area contributed by atoms with Gasteiger partial charge in [-0.25, -0.2) is 4.98 Å². The van der Waals surface area contributed by atoms with Crippen LogP contribution >= 0.6 is 0 Å². The summed E-state index contributed by atoms with van der Waals surface area (Å²) in [6.45, 7) is 8.23. The summed E-state index contributed by atoms with van der Waals surface area (Å²) in [5.74, 6) is 1.10. The number of ketones is 1. The van der Waals surface area contributed by atoms with Crippen LogP contribution in [0.1, 0.15) is 22.3 Å². The van der Waals surface area contributed by atoms with Crippen molar-refractivity contribution in [1.82, 2.24) is 14.5 Å². The van der Waals surface area contributed by atoms with Gasteiger partial charge in [0.1, 0.15) is 12.6 Å². The Labute approximate surface area is 207 Å². The third-order valence-electron chi connectivity index (χ3n) is 6.47. The molecule has 1 aliphatic carbocycles. The van der Waals surface area contributed by atoms with Crippen molar-refractivity contribution in [1.29, 1.82) is 0 Å². The van der Waals surface area contributed by atoms with E-state index in [0.29, 0.717) is 13.2 Å². The van der Waals surface area contributed by atoms with E-state index in [0.717, 1.165) is 64.1 Å². The lowest BCUT2D eigenvalue weighted by Crippen LogP contribution is -2.22. The molecular formula is C29H31N3O2Si. The van der Waals surface area contributed by atoms with Crippen molar-refractivity contribution in [3.8, 4) is 33.9 Å². The fraction of sp³-hybridized carbons (Fsp3) is 0.276. The number of aromatic nitrogens is 3. The summed E-state index contributed by atoms with van der Waals surface area (Å²) < 4.78 is 8.46. The summed E-state index contributed by atoms with van der Waals surface area (Å²) in [5, 5.41) is 0. The molecule has 0 amide bonds. The molecule has 2 aromatic heterocycles. The molecule has 2 aromatic carbocycles. The first-order chi connectivity index (χ1) is 16.9. The SMILES string of the molecule is C[Si](C)(C)CCOCn1c(-c2ccccc2)nc(-c2ccncc2)c1-c1ccc2c(c1)CCC2=O. The summed E-state index contributed by atoms with van der Waals surface area (Å²) in [6, 6.07) is 21.5. The van der Waals surface area contributed by atoms with Gasteiger partial charge in [-0.3, -0.25) is 14.3 Å². The van der Waals surface area contributed by atoms with Crippen molar-refractivity contribution >= 4 is 13.9 Å². The van der Waals surface area contributed by atoms with Crippen LogP contribution in [0.4, 0.5) is 0 Å². The van der Waals surface area contributed by atoms with E-state index in [9.17, 15) is 4.79 Å². The van der Waals surface area contributed by atoms with Crippen LogP contribution < -0.4 is 0 Å². The lowest BCUT2D eigenvalue weighted by molar-refractivity contribution is 0.0893. The molecule has 0 bridgehead atoms. The second-order valence-electron chi connectivity index (χ2n) is 10.3. The average molecular weight is 482 g/mol. The van der Waals surface area contributed by atoms with Crippen molar-refractivity contribution in [2.75, 3.05) is 6.61 Å². The van der Waals surface area contributed by atoms with Crippen LogP contribution in [0.15, 0.2) is 73.1 Å². The zero-order valence-electron chi connectivity index (χ0n) is 20.6. The van der Waals surface area contributed by atoms with E-state index in [1.807, 2.05) is 36.4 Å². The molecule has 4 aromatic rings. The molecule has 5 rings (SSSR count). The summed E-state index contributed by atoms with van der Waals surface area (Å²) >= 11 is 0. The van der Waals surface area contributed by atoms with Crippen LogP contribution in [0.2, 0.25) is 25.7 Å². The number of imidazole rings is 1. The minimum atomic E-state index is -1.20. The molecule has 178 valence electrons. The fourth-order valence-corrected chi connectivity index (χ4v) is 5.28. The maximum atomic E-state index is 12.3. The van der Waals surface area contributed by atoms with Crippen molar-refractivity contribution < 1.29 is 9.53 Å². The molecule has 0 aliphatic heterocycles. The molecule has 5 nitrogen and oxygen atoms in total. The Morgan fingerprint density at radius 2 is 1.69 bits per heavy atom. The number of nitrogens with zero attached hydrogens (tertiary/aromatic N) is 3. The number of aryl methyl sites for hydroxylation is 1. The smallest absolute Gasteiger partial charge is 0.163 e. The van der Waals surface area contributed by atoms with Gasteiger partial charge in [0.2, 0.25) is 0 Å². The van der Waals surface area contributed by atoms with Crippen molar-refractivity contribution in [2.45, 2.75) is 45.3 Å². The monoisotopic (exact) mass is 481 g/mol. The van der Waals surface area contributed by atoms with Gasteiger partial charge in [0.25, 0.3) is 0 Å². The summed E-state index contributed by atoms with van der Waals surface area (Å²) in [6.07, 6.45) is 4.97. The van der Waals surface area contributed by atoms with Crippen LogP contribution in [0.3, 0.4) is 0 Å². The number of fused-ring (bicyclic) bond motifs is 1. The Hall–Kier alpha value is -3.35. The molecular weight excluding hydrogens is 450 g/mol. The van der Waals surface area contributed by atoms with Gasteiger partial charge in [0, 0.05) is 55.7 Å². The van der Waals surface area contributed by atoms with Gasteiger partial charge >= 0.3 is 0 Å². The Bertz CT molecular complexity index is 1340. The second kappa shape index (κ2) is 9.72. The first kappa shape index (κ1) is 23.4. The van der Waals surface area contributed by atoms with Gasteiger partial charge in [-0.05, 0) is 36.2 Å². The third kappa shape index (κ3) is 5.04. The van der Waals surface area contributed by atoms with Crippen LogP contribution in [-0.2, 0) is 17.9 Å². The number of ether oxygens (including phenoxy) is 1. The number of rotatable bonds is 8. The first-order valence-corrected chi connectivity index (χ1v) is 15.9. The Balaban J connectivity index is 1.66. The van der Waals surface area contributed by atoms with Crippen molar-refractivity contribution in [3.05, 3.63) is 84.2 Å². The molecule has 1 aliphatic rings. The highest BCUT2D eigenvalue weighted by Gasteiger charge is 2.25. The minimum absolute atomic E-state index is 0.231. The van der Waals surface area contributed by atoms with E-state index in [-0.39, 0.29) is 5.78 Å². The summed E-state index contributed by atoms with van der Waals surface area (Å²) in [7, 11) is -1.20. The molecule has 35 heavy (non-hydrogen) atoms. The number of benzene rings is 2. The second-order valence-corrected chi connectivity index (χ2v) is 15.9. The van der Waals surface area contributed by atoms with Crippen LogP contribution in [0.25, 0.3) is 33.9 Å². The lowest BCUT2D eigenvalue weighted by Gasteiger charge is -2.18. The highest BCUT2D eigenvalue weighted by molar-refractivity contribution is 6.76. The first-order valence-electron chi connectivity index (χ1n) is 12.2. The number of hydrogen-bond donors (Lipinski definition) is 0. The van der Waals surface area contributed by atoms with Gasteiger partial charge < -0.3 is 4.74 Å². The predicted octanol–water partition coefficient (Wildman–Crippen LogP) is 6.72. The molecule has 0 radical (unpaired) electrons. The Morgan fingerprint density at radius 1 is 0.914 bits per heavy atom.